The minimum Gasteiger partial charge on any atom is -0.479 e. The van der Waals surface area contributed by atoms with Crippen molar-refractivity contribution in [2.45, 2.75) is 39.2 Å². The number of hydrogen-bond acceptors (Lipinski definition) is 4. The van der Waals surface area contributed by atoms with Crippen LogP contribution in [0, 0.1) is 0 Å². The fourth-order valence-electron chi connectivity index (χ4n) is 1.79. The van der Waals surface area contributed by atoms with Gasteiger partial charge in [-0.25, -0.2) is 4.79 Å². The molecule has 0 aliphatic rings. The third-order valence-electron chi connectivity index (χ3n) is 2.74. The molecule has 4 heteroatoms. The van der Waals surface area contributed by atoms with Crippen LogP contribution in [0.25, 0.3) is 0 Å². The smallest absolute Gasteiger partial charge is 0.347 e. The summed E-state index contributed by atoms with van der Waals surface area (Å²) in [5.41, 5.74) is 6.66. The lowest BCUT2D eigenvalue weighted by atomic mass is 10.1. The van der Waals surface area contributed by atoms with Crippen LogP contribution in [0.4, 0.5) is 0 Å². The van der Waals surface area contributed by atoms with E-state index in [1.54, 1.807) is 6.92 Å². The molecule has 106 valence electrons. The summed E-state index contributed by atoms with van der Waals surface area (Å²) < 4.78 is 10.7. The molecule has 1 aromatic rings. The topological polar surface area (TPSA) is 61.5 Å². The number of ether oxygens (including phenoxy) is 2. The molecule has 0 radical (unpaired) electrons. The molecule has 0 aliphatic heterocycles. The van der Waals surface area contributed by atoms with E-state index in [0.717, 1.165) is 18.4 Å². The van der Waals surface area contributed by atoms with Crippen LogP contribution in [-0.4, -0.2) is 25.2 Å². The summed E-state index contributed by atoms with van der Waals surface area (Å²) in [5, 5.41) is 0. The van der Waals surface area contributed by atoms with Gasteiger partial charge in [0.15, 0.2) is 6.10 Å². The van der Waals surface area contributed by atoms with Crippen LogP contribution in [0.5, 0.6) is 5.75 Å². The Morgan fingerprint density at radius 2 is 1.95 bits per heavy atom. The minimum absolute atomic E-state index is 0.296. The van der Waals surface area contributed by atoms with E-state index in [2.05, 4.69) is 0 Å². The molecule has 0 spiro atoms. The zero-order valence-corrected chi connectivity index (χ0v) is 11.7. The molecular weight excluding hydrogens is 242 g/mol. The highest BCUT2D eigenvalue weighted by atomic mass is 16.6. The Morgan fingerprint density at radius 3 is 2.47 bits per heavy atom. The SMILES string of the molecule is CCCC(Oc1ccc(CCN)cc1)C(=O)OCC. The zero-order valence-electron chi connectivity index (χ0n) is 11.7. The van der Waals surface area contributed by atoms with Gasteiger partial charge in [0.05, 0.1) is 6.61 Å². The summed E-state index contributed by atoms with van der Waals surface area (Å²) in [6, 6.07) is 7.67. The molecule has 0 bridgehead atoms. The predicted molar refractivity (Wildman–Crippen MR) is 75.2 cm³/mol. The van der Waals surface area contributed by atoms with Crippen LogP contribution in [0.1, 0.15) is 32.3 Å². The van der Waals surface area contributed by atoms with Gasteiger partial charge in [-0.1, -0.05) is 25.5 Å². The number of esters is 1. The number of carbonyl (C=O) groups excluding carboxylic acids is 1. The average molecular weight is 265 g/mol. The van der Waals surface area contributed by atoms with E-state index < -0.39 is 6.10 Å². The molecule has 0 aliphatic carbocycles. The summed E-state index contributed by atoms with van der Waals surface area (Å²) in [6.45, 7) is 4.81. The summed E-state index contributed by atoms with van der Waals surface area (Å²) in [5.74, 6) is 0.391. The Morgan fingerprint density at radius 1 is 1.26 bits per heavy atom. The summed E-state index contributed by atoms with van der Waals surface area (Å²) >= 11 is 0. The van der Waals surface area contributed by atoms with E-state index >= 15 is 0 Å². The Labute approximate surface area is 114 Å². The maximum atomic E-state index is 11.7. The van der Waals surface area contributed by atoms with Crippen LogP contribution in [0.3, 0.4) is 0 Å². The van der Waals surface area contributed by atoms with Crippen LogP contribution < -0.4 is 10.5 Å². The molecule has 4 nitrogen and oxygen atoms in total. The molecule has 0 amide bonds. The van der Waals surface area contributed by atoms with Gasteiger partial charge in [-0.15, -0.1) is 0 Å². The van der Waals surface area contributed by atoms with Gasteiger partial charge in [-0.05, 0) is 44.0 Å². The van der Waals surface area contributed by atoms with E-state index in [1.165, 1.54) is 0 Å². The van der Waals surface area contributed by atoms with Crippen molar-refractivity contribution in [2.75, 3.05) is 13.2 Å². The lowest BCUT2D eigenvalue weighted by Crippen LogP contribution is -2.29. The molecule has 1 rings (SSSR count). The molecule has 19 heavy (non-hydrogen) atoms. The van der Waals surface area contributed by atoms with Crippen molar-refractivity contribution in [3.8, 4) is 5.75 Å². The first-order valence-electron chi connectivity index (χ1n) is 6.83. The second kappa shape index (κ2) is 8.53. The Hall–Kier alpha value is -1.55. The van der Waals surface area contributed by atoms with Gasteiger partial charge < -0.3 is 15.2 Å². The molecule has 1 aromatic carbocycles. The van der Waals surface area contributed by atoms with Crippen molar-refractivity contribution in [3.05, 3.63) is 29.8 Å². The van der Waals surface area contributed by atoms with Gasteiger partial charge in [-0.2, -0.15) is 0 Å². The molecular formula is C15H23NO3. The summed E-state index contributed by atoms with van der Waals surface area (Å²) in [4.78, 5) is 11.7. The van der Waals surface area contributed by atoms with Gasteiger partial charge in [0.25, 0.3) is 0 Å². The molecule has 2 N–H and O–H groups in total. The highest BCUT2D eigenvalue weighted by Crippen LogP contribution is 2.16. The Kier molecular flexibility index (Phi) is 6.97. The van der Waals surface area contributed by atoms with Crippen LogP contribution in [0.2, 0.25) is 0 Å². The van der Waals surface area contributed by atoms with Crippen LogP contribution in [0.15, 0.2) is 24.3 Å². The standard InChI is InChI=1S/C15H23NO3/c1-3-5-14(15(17)18-4-2)19-13-8-6-12(7-9-13)10-11-16/h6-9,14H,3-5,10-11,16H2,1-2H3. The number of rotatable bonds is 8. The Bertz CT molecular complexity index is 375. The molecule has 0 saturated carbocycles. The molecule has 0 saturated heterocycles. The first kappa shape index (κ1) is 15.5. The molecule has 1 unspecified atom stereocenters. The van der Waals surface area contributed by atoms with Crippen molar-refractivity contribution >= 4 is 5.97 Å². The van der Waals surface area contributed by atoms with Gasteiger partial charge >= 0.3 is 5.97 Å². The van der Waals surface area contributed by atoms with E-state index in [9.17, 15) is 4.79 Å². The fourth-order valence-corrected chi connectivity index (χ4v) is 1.79. The molecule has 1 atom stereocenters. The van der Waals surface area contributed by atoms with E-state index in [-0.39, 0.29) is 5.97 Å². The zero-order chi connectivity index (χ0) is 14.1. The Balaban J connectivity index is 2.64. The minimum atomic E-state index is -0.523. The quantitative estimate of drug-likeness (QED) is 0.733. The third-order valence-corrected chi connectivity index (χ3v) is 2.74. The lowest BCUT2D eigenvalue weighted by molar-refractivity contribution is -0.151. The maximum Gasteiger partial charge on any atom is 0.347 e. The maximum absolute atomic E-state index is 11.7. The lowest BCUT2D eigenvalue weighted by Gasteiger charge is -2.17. The van der Waals surface area contributed by atoms with Crippen molar-refractivity contribution < 1.29 is 14.3 Å². The van der Waals surface area contributed by atoms with Crippen molar-refractivity contribution in [3.63, 3.8) is 0 Å². The summed E-state index contributed by atoms with van der Waals surface area (Å²) in [6.07, 6.45) is 1.85. The van der Waals surface area contributed by atoms with Crippen LogP contribution >= 0.6 is 0 Å². The highest BCUT2D eigenvalue weighted by molar-refractivity contribution is 5.75. The van der Waals surface area contributed by atoms with Gasteiger partial charge in [0.2, 0.25) is 0 Å². The molecule has 0 heterocycles. The van der Waals surface area contributed by atoms with E-state index in [0.29, 0.717) is 25.3 Å². The average Bonchev–Trinajstić information content (AvgIpc) is 2.41. The van der Waals surface area contributed by atoms with Crippen molar-refractivity contribution in [2.24, 2.45) is 5.73 Å². The first-order chi connectivity index (χ1) is 9.21. The predicted octanol–water partition coefficient (Wildman–Crippen LogP) is 2.30. The van der Waals surface area contributed by atoms with Gasteiger partial charge in [-0.3, -0.25) is 0 Å². The van der Waals surface area contributed by atoms with Crippen molar-refractivity contribution in [1.29, 1.82) is 0 Å². The number of benzene rings is 1. The van der Waals surface area contributed by atoms with Gasteiger partial charge in [0, 0.05) is 0 Å². The normalized spacial score (nSPS) is 11.9. The fraction of sp³-hybridized carbons (Fsp3) is 0.533. The second-order valence-electron chi connectivity index (χ2n) is 4.33. The second-order valence-corrected chi connectivity index (χ2v) is 4.33. The van der Waals surface area contributed by atoms with E-state index in [1.807, 2.05) is 31.2 Å². The number of carbonyl (C=O) groups is 1. The van der Waals surface area contributed by atoms with E-state index in [4.69, 9.17) is 15.2 Å². The largest absolute Gasteiger partial charge is 0.479 e. The molecule has 0 aromatic heterocycles. The highest BCUT2D eigenvalue weighted by Gasteiger charge is 2.20. The van der Waals surface area contributed by atoms with Crippen LogP contribution in [-0.2, 0) is 16.0 Å². The number of hydrogen-bond donors (Lipinski definition) is 1. The van der Waals surface area contributed by atoms with Crippen molar-refractivity contribution in [1.82, 2.24) is 0 Å². The summed E-state index contributed by atoms with van der Waals surface area (Å²) in [7, 11) is 0. The monoisotopic (exact) mass is 265 g/mol. The van der Waals surface area contributed by atoms with Gasteiger partial charge in [0.1, 0.15) is 5.75 Å². The molecule has 0 fully saturated rings. The first-order valence-corrected chi connectivity index (χ1v) is 6.83. The third kappa shape index (κ3) is 5.30. The number of nitrogens with two attached hydrogens (primary N) is 1.